The number of rotatable bonds is 5. The molecule has 0 aromatic rings. The summed E-state index contributed by atoms with van der Waals surface area (Å²) in [4.78, 5) is 0. The van der Waals surface area contributed by atoms with Crippen LogP contribution in [-0.2, 0) is 0 Å². The normalized spacial score (nSPS) is 34.0. The molecule has 0 saturated heterocycles. The van der Waals surface area contributed by atoms with Crippen LogP contribution < -0.4 is 5.73 Å². The second kappa shape index (κ2) is 6.11. The fourth-order valence-electron chi connectivity index (χ4n) is 3.30. The van der Waals surface area contributed by atoms with Gasteiger partial charge < -0.3 is 5.73 Å². The van der Waals surface area contributed by atoms with Crippen molar-refractivity contribution in [1.29, 1.82) is 5.26 Å². The molecule has 0 aromatic carbocycles. The average molecular weight is 252 g/mol. The Bertz CT molecular complexity index is 280. The number of nitrogens with two attached hydrogens (primary N) is 1. The Morgan fingerprint density at radius 3 is 2.71 bits per heavy atom. The van der Waals surface area contributed by atoms with Crippen molar-refractivity contribution in [1.82, 2.24) is 0 Å². The van der Waals surface area contributed by atoms with Gasteiger partial charge in [-0.3, -0.25) is 0 Å². The fraction of sp³-hybridized carbons (Fsp3) is 0.929. The minimum Gasteiger partial charge on any atom is -0.313 e. The van der Waals surface area contributed by atoms with E-state index < -0.39 is 5.54 Å². The zero-order chi connectivity index (χ0) is 12.1. The third kappa shape index (κ3) is 3.39. The van der Waals surface area contributed by atoms with Crippen molar-refractivity contribution in [3.05, 3.63) is 0 Å². The van der Waals surface area contributed by atoms with Crippen molar-refractivity contribution in [3.63, 3.8) is 0 Å². The van der Waals surface area contributed by atoms with Gasteiger partial charge in [-0.2, -0.15) is 17.0 Å². The summed E-state index contributed by atoms with van der Waals surface area (Å²) in [5.41, 5.74) is 5.63. The molecule has 2 atom stereocenters. The third-order valence-electron chi connectivity index (χ3n) is 4.52. The Balaban J connectivity index is 1.63. The Labute approximate surface area is 109 Å². The summed E-state index contributed by atoms with van der Waals surface area (Å²) in [6.07, 6.45) is 10.1. The standard InChI is InChI=1S/C14H24N2S/c15-11-14(16)8-3-6-13(14)7-9-17-10-12-4-1-2-5-12/h12-13H,1-10,16H2. The molecule has 3 heteroatoms. The molecule has 0 bridgehead atoms. The fourth-order valence-corrected chi connectivity index (χ4v) is 4.59. The molecule has 17 heavy (non-hydrogen) atoms. The van der Waals surface area contributed by atoms with E-state index in [2.05, 4.69) is 17.8 Å². The van der Waals surface area contributed by atoms with Gasteiger partial charge in [-0.25, -0.2) is 0 Å². The number of nitrogens with zero attached hydrogens (tertiary/aromatic N) is 1. The first-order valence-electron chi connectivity index (χ1n) is 7.02. The number of thioether (sulfide) groups is 1. The Morgan fingerprint density at radius 2 is 2.00 bits per heavy atom. The molecule has 2 saturated carbocycles. The van der Waals surface area contributed by atoms with Crippen molar-refractivity contribution in [3.8, 4) is 6.07 Å². The third-order valence-corrected chi connectivity index (χ3v) is 5.75. The van der Waals surface area contributed by atoms with Crippen LogP contribution in [0.1, 0.15) is 51.4 Å². The van der Waals surface area contributed by atoms with Gasteiger partial charge in [0.15, 0.2) is 0 Å². The summed E-state index contributed by atoms with van der Waals surface area (Å²) >= 11 is 2.08. The van der Waals surface area contributed by atoms with Crippen LogP contribution in [-0.4, -0.2) is 17.0 Å². The molecule has 2 unspecified atom stereocenters. The Kier molecular flexibility index (Phi) is 4.76. The maximum atomic E-state index is 9.14. The molecule has 96 valence electrons. The number of hydrogen-bond acceptors (Lipinski definition) is 3. The van der Waals surface area contributed by atoms with Gasteiger partial charge in [0.05, 0.1) is 6.07 Å². The minimum atomic E-state index is -0.506. The molecular weight excluding hydrogens is 228 g/mol. The predicted octanol–water partition coefficient (Wildman–Crippen LogP) is 3.32. The first-order valence-corrected chi connectivity index (χ1v) is 8.18. The lowest BCUT2D eigenvalue weighted by Gasteiger charge is -2.23. The molecule has 0 aliphatic heterocycles. The Morgan fingerprint density at radius 1 is 1.24 bits per heavy atom. The average Bonchev–Trinajstić information content (AvgIpc) is 2.95. The van der Waals surface area contributed by atoms with Crippen LogP contribution in [0.15, 0.2) is 0 Å². The van der Waals surface area contributed by atoms with E-state index in [4.69, 9.17) is 11.0 Å². The molecule has 2 nitrogen and oxygen atoms in total. The summed E-state index contributed by atoms with van der Waals surface area (Å²) in [7, 11) is 0. The highest BCUT2D eigenvalue weighted by atomic mass is 32.2. The quantitative estimate of drug-likeness (QED) is 0.764. The minimum absolute atomic E-state index is 0.448. The maximum Gasteiger partial charge on any atom is 0.107 e. The second-order valence-electron chi connectivity index (χ2n) is 5.76. The lowest BCUT2D eigenvalue weighted by atomic mass is 9.88. The highest BCUT2D eigenvalue weighted by Gasteiger charge is 2.39. The molecular formula is C14H24N2S. The number of nitriles is 1. The molecule has 2 fully saturated rings. The van der Waals surface area contributed by atoms with Crippen LogP contribution in [0.4, 0.5) is 0 Å². The van der Waals surface area contributed by atoms with Crippen LogP contribution in [0.25, 0.3) is 0 Å². The van der Waals surface area contributed by atoms with E-state index in [1.54, 1.807) is 0 Å². The van der Waals surface area contributed by atoms with Crippen LogP contribution in [0.2, 0.25) is 0 Å². The summed E-state index contributed by atoms with van der Waals surface area (Å²) < 4.78 is 0. The summed E-state index contributed by atoms with van der Waals surface area (Å²) in [6, 6.07) is 2.34. The van der Waals surface area contributed by atoms with E-state index in [9.17, 15) is 0 Å². The summed E-state index contributed by atoms with van der Waals surface area (Å²) in [5.74, 6) is 3.95. The van der Waals surface area contributed by atoms with Gasteiger partial charge in [-0.1, -0.05) is 19.3 Å². The van der Waals surface area contributed by atoms with Crippen molar-refractivity contribution in [2.75, 3.05) is 11.5 Å². The van der Waals surface area contributed by atoms with Gasteiger partial charge in [0, 0.05) is 0 Å². The zero-order valence-electron chi connectivity index (χ0n) is 10.7. The van der Waals surface area contributed by atoms with Gasteiger partial charge in [0.2, 0.25) is 0 Å². The topological polar surface area (TPSA) is 49.8 Å². The van der Waals surface area contributed by atoms with Crippen molar-refractivity contribution in [2.45, 2.75) is 56.9 Å². The first kappa shape index (κ1) is 13.2. The summed E-state index contributed by atoms with van der Waals surface area (Å²) in [5, 5.41) is 9.14. The molecule has 0 amide bonds. The highest BCUT2D eigenvalue weighted by molar-refractivity contribution is 7.99. The monoisotopic (exact) mass is 252 g/mol. The van der Waals surface area contributed by atoms with Crippen molar-refractivity contribution < 1.29 is 0 Å². The first-order chi connectivity index (χ1) is 8.24. The highest BCUT2D eigenvalue weighted by Crippen LogP contribution is 2.36. The summed E-state index contributed by atoms with van der Waals surface area (Å²) in [6.45, 7) is 0. The van der Waals surface area contributed by atoms with Crippen LogP contribution >= 0.6 is 11.8 Å². The molecule has 2 aliphatic rings. The van der Waals surface area contributed by atoms with Crippen molar-refractivity contribution in [2.24, 2.45) is 17.6 Å². The van der Waals surface area contributed by atoms with Crippen LogP contribution in [0.5, 0.6) is 0 Å². The second-order valence-corrected chi connectivity index (χ2v) is 6.91. The molecule has 0 radical (unpaired) electrons. The molecule has 0 spiro atoms. The molecule has 2 aliphatic carbocycles. The van der Waals surface area contributed by atoms with Gasteiger partial charge in [0.1, 0.15) is 5.54 Å². The van der Waals surface area contributed by atoms with Gasteiger partial charge in [-0.05, 0) is 55.4 Å². The zero-order valence-corrected chi connectivity index (χ0v) is 11.5. The number of hydrogen-bond donors (Lipinski definition) is 1. The molecule has 2 rings (SSSR count). The van der Waals surface area contributed by atoms with Crippen LogP contribution in [0.3, 0.4) is 0 Å². The largest absolute Gasteiger partial charge is 0.313 e. The lowest BCUT2D eigenvalue weighted by molar-refractivity contribution is 0.389. The smallest absolute Gasteiger partial charge is 0.107 e. The van der Waals surface area contributed by atoms with Gasteiger partial charge in [0.25, 0.3) is 0 Å². The van der Waals surface area contributed by atoms with E-state index in [-0.39, 0.29) is 0 Å². The Hall–Kier alpha value is -0.200. The van der Waals surface area contributed by atoms with E-state index >= 15 is 0 Å². The van der Waals surface area contributed by atoms with E-state index in [0.717, 1.165) is 31.6 Å². The van der Waals surface area contributed by atoms with E-state index in [1.807, 2.05) is 0 Å². The maximum absolute atomic E-state index is 9.14. The van der Waals surface area contributed by atoms with Crippen LogP contribution in [0, 0.1) is 23.2 Å². The van der Waals surface area contributed by atoms with Gasteiger partial charge >= 0.3 is 0 Å². The van der Waals surface area contributed by atoms with E-state index in [1.165, 1.54) is 37.2 Å². The van der Waals surface area contributed by atoms with E-state index in [0.29, 0.717) is 5.92 Å². The van der Waals surface area contributed by atoms with Gasteiger partial charge in [-0.15, -0.1) is 0 Å². The lowest BCUT2D eigenvalue weighted by Crippen LogP contribution is -2.41. The molecule has 0 aromatic heterocycles. The van der Waals surface area contributed by atoms with Crippen molar-refractivity contribution >= 4 is 11.8 Å². The SMILES string of the molecule is N#CC1(N)CCCC1CCSCC1CCCC1. The molecule has 2 N–H and O–H groups in total. The molecule has 0 heterocycles. The predicted molar refractivity (Wildman–Crippen MR) is 73.8 cm³/mol.